The predicted molar refractivity (Wildman–Crippen MR) is 62.3 cm³/mol. The first-order valence-corrected chi connectivity index (χ1v) is 6.15. The van der Waals surface area contributed by atoms with Crippen molar-refractivity contribution in [3.63, 3.8) is 0 Å². The van der Waals surface area contributed by atoms with Crippen molar-refractivity contribution < 1.29 is 4.79 Å². The van der Waals surface area contributed by atoms with Crippen LogP contribution < -0.4 is 10.6 Å². The van der Waals surface area contributed by atoms with E-state index in [4.69, 9.17) is 0 Å². The second-order valence-electron chi connectivity index (χ2n) is 3.52. The summed E-state index contributed by atoms with van der Waals surface area (Å²) < 4.78 is 0. The molecular formula is C12H13NOS. The zero-order valence-electron chi connectivity index (χ0n) is 8.69. The SMILES string of the molecule is CCCCSc1ccc2c(c1)=CC(=O)N=2. The van der Waals surface area contributed by atoms with E-state index in [1.807, 2.05) is 30.0 Å². The number of carbonyl (C=O) groups excluding carboxylic acids is 1. The van der Waals surface area contributed by atoms with E-state index in [9.17, 15) is 4.79 Å². The lowest BCUT2D eigenvalue weighted by Crippen LogP contribution is -2.20. The maximum Gasteiger partial charge on any atom is 0.270 e. The van der Waals surface area contributed by atoms with E-state index in [0.29, 0.717) is 0 Å². The number of benzene rings is 1. The van der Waals surface area contributed by atoms with Crippen LogP contribution in [0.5, 0.6) is 0 Å². The number of amides is 1. The molecule has 15 heavy (non-hydrogen) atoms. The number of unbranched alkanes of at least 4 members (excludes halogenated alkanes) is 1. The van der Waals surface area contributed by atoms with Crippen molar-refractivity contribution in [1.82, 2.24) is 0 Å². The molecule has 0 fully saturated rings. The Balaban J connectivity index is 2.18. The maximum absolute atomic E-state index is 11.0. The van der Waals surface area contributed by atoms with E-state index in [1.54, 1.807) is 6.08 Å². The van der Waals surface area contributed by atoms with Crippen molar-refractivity contribution in [2.45, 2.75) is 24.7 Å². The third-order valence-electron chi connectivity index (χ3n) is 2.28. The van der Waals surface area contributed by atoms with Crippen LogP contribution in [0, 0.1) is 0 Å². The van der Waals surface area contributed by atoms with Gasteiger partial charge in [0.25, 0.3) is 5.91 Å². The first-order chi connectivity index (χ1) is 7.29. The molecule has 1 heterocycles. The molecule has 0 N–H and O–H groups in total. The normalized spacial score (nSPS) is 13.3. The van der Waals surface area contributed by atoms with E-state index in [-0.39, 0.29) is 5.91 Å². The van der Waals surface area contributed by atoms with Crippen molar-refractivity contribution in [1.29, 1.82) is 0 Å². The Morgan fingerprint density at radius 1 is 1.40 bits per heavy atom. The highest BCUT2D eigenvalue weighted by atomic mass is 32.2. The van der Waals surface area contributed by atoms with Gasteiger partial charge < -0.3 is 0 Å². The van der Waals surface area contributed by atoms with Gasteiger partial charge in [0.15, 0.2) is 0 Å². The number of rotatable bonds is 4. The van der Waals surface area contributed by atoms with Crippen LogP contribution in [0.25, 0.3) is 6.08 Å². The van der Waals surface area contributed by atoms with Gasteiger partial charge in [-0.25, -0.2) is 4.99 Å². The molecular weight excluding hydrogens is 206 g/mol. The molecule has 0 spiro atoms. The first-order valence-electron chi connectivity index (χ1n) is 5.17. The molecule has 0 saturated heterocycles. The van der Waals surface area contributed by atoms with Crippen LogP contribution in [0.3, 0.4) is 0 Å². The Labute approximate surface area is 93.1 Å². The number of hydrogen-bond acceptors (Lipinski definition) is 2. The lowest BCUT2D eigenvalue weighted by atomic mass is 10.3. The Bertz CT molecular complexity index is 493. The molecule has 0 aromatic heterocycles. The summed E-state index contributed by atoms with van der Waals surface area (Å²) in [4.78, 5) is 16.2. The summed E-state index contributed by atoms with van der Waals surface area (Å²) in [6.45, 7) is 2.19. The van der Waals surface area contributed by atoms with E-state index < -0.39 is 0 Å². The molecule has 0 bridgehead atoms. The van der Waals surface area contributed by atoms with Crippen molar-refractivity contribution >= 4 is 23.7 Å². The predicted octanol–water partition coefficient (Wildman–Crippen LogP) is 1.52. The molecule has 0 aliphatic carbocycles. The summed E-state index contributed by atoms with van der Waals surface area (Å²) in [7, 11) is 0. The summed E-state index contributed by atoms with van der Waals surface area (Å²) in [5, 5.41) is 1.77. The van der Waals surface area contributed by atoms with E-state index in [0.717, 1.165) is 16.3 Å². The summed E-state index contributed by atoms with van der Waals surface area (Å²) in [5.41, 5.74) is 0. The number of thioether (sulfide) groups is 1. The van der Waals surface area contributed by atoms with Gasteiger partial charge in [-0.2, -0.15) is 0 Å². The van der Waals surface area contributed by atoms with Gasteiger partial charge in [-0.1, -0.05) is 13.3 Å². The van der Waals surface area contributed by atoms with Crippen LogP contribution in [-0.2, 0) is 4.79 Å². The Kier molecular flexibility index (Phi) is 3.21. The summed E-state index contributed by atoms with van der Waals surface area (Å²) >= 11 is 1.84. The molecule has 3 heteroatoms. The minimum Gasteiger partial charge on any atom is -0.267 e. The second-order valence-corrected chi connectivity index (χ2v) is 4.69. The summed E-state index contributed by atoms with van der Waals surface area (Å²) in [5.74, 6) is 1.00. The van der Waals surface area contributed by atoms with Crippen LogP contribution in [-0.4, -0.2) is 11.7 Å². The molecule has 78 valence electrons. The molecule has 1 amide bonds. The molecule has 0 atom stereocenters. The van der Waals surface area contributed by atoms with Gasteiger partial charge in [-0.15, -0.1) is 11.8 Å². The lowest BCUT2D eigenvalue weighted by molar-refractivity contribution is -0.112. The van der Waals surface area contributed by atoms with Gasteiger partial charge in [0.2, 0.25) is 0 Å². The zero-order valence-corrected chi connectivity index (χ0v) is 9.51. The summed E-state index contributed by atoms with van der Waals surface area (Å²) in [6, 6.07) is 6.00. The monoisotopic (exact) mass is 219 g/mol. The Hall–Kier alpha value is -1.09. The molecule has 1 aliphatic rings. The molecule has 1 aromatic carbocycles. The minimum absolute atomic E-state index is 0.138. The largest absolute Gasteiger partial charge is 0.270 e. The van der Waals surface area contributed by atoms with E-state index >= 15 is 0 Å². The van der Waals surface area contributed by atoms with Gasteiger partial charge in [-0.05, 0) is 30.4 Å². The fourth-order valence-corrected chi connectivity index (χ4v) is 2.50. The van der Waals surface area contributed by atoms with Gasteiger partial charge in [0, 0.05) is 16.2 Å². The molecule has 0 saturated carbocycles. The third kappa shape index (κ3) is 2.48. The van der Waals surface area contributed by atoms with Crippen LogP contribution >= 0.6 is 11.8 Å². The molecule has 0 radical (unpaired) electrons. The average molecular weight is 219 g/mol. The van der Waals surface area contributed by atoms with Gasteiger partial charge in [0.05, 0.1) is 5.36 Å². The van der Waals surface area contributed by atoms with Crippen LogP contribution in [0.2, 0.25) is 0 Å². The highest BCUT2D eigenvalue weighted by Crippen LogP contribution is 2.16. The van der Waals surface area contributed by atoms with Crippen molar-refractivity contribution in [3.8, 4) is 0 Å². The van der Waals surface area contributed by atoms with Crippen LogP contribution in [0.15, 0.2) is 28.1 Å². The smallest absolute Gasteiger partial charge is 0.267 e. The number of nitrogens with zero attached hydrogens (tertiary/aromatic N) is 1. The topological polar surface area (TPSA) is 29.4 Å². The number of hydrogen-bond donors (Lipinski definition) is 0. The molecule has 2 rings (SSSR count). The highest BCUT2D eigenvalue weighted by molar-refractivity contribution is 7.99. The maximum atomic E-state index is 11.0. The fourth-order valence-electron chi connectivity index (χ4n) is 1.46. The third-order valence-corrected chi connectivity index (χ3v) is 3.36. The van der Waals surface area contributed by atoms with E-state index in [2.05, 4.69) is 11.9 Å². The fraction of sp³-hybridized carbons (Fsp3) is 0.333. The summed E-state index contributed by atoms with van der Waals surface area (Å²) in [6.07, 6.45) is 4.05. The standard InChI is InChI=1S/C12H13NOS/c1-2-3-6-15-10-4-5-11-9(7-10)8-12(14)13-11/h4-5,7-8H,2-3,6H2,1H3. The quantitative estimate of drug-likeness (QED) is 0.567. The Morgan fingerprint density at radius 2 is 2.27 bits per heavy atom. The van der Waals surface area contributed by atoms with Gasteiger partial charge in [-0.3, -0.25) is 4.79 Å². The van der Waals surface area contributed by atoms with Crippen molar-refractivity contribution in [2.24, 2.45) is 4.99 Å². The average Bonchev–Trinajstić information content (AvgIpc) is 2.57. The molecule has 2 nitrogen and oxygen atoms in total. The molecule has 0 unspecified atom stereocenters. The van der Waals surface area contributed by atoms with Gasteiger partial charge in [0.1, 0.15) is 0 Å². The second kappa shape index (κ2) is 4.62. The van der Waals surface area contributed by atoms with Crippen LogP contribution in [0.4, 0.5) is 0 Å². The zero-order chi connectivity index (χ0) is 10.7. The van der Waals surface area contributed by atoms with Crippen molar-refractivity contribution in [2.75, 3.05) is 5.75 Å². The lowest BCUT2D eigenvalue weighted by Gasteiger charge is -1.98. The minimum atomic E-state index is -0.138. The number of fused-ring (bicyclic) bond motifs is 1. The van der Waals surface area contributed by atoms with Crippen LogP contribution in [0.1, 0.15) is 19.8 Å². The highest BCUT2D eigenvalue weighted by Gasteiger charge is 2.03. The Morgan fingerprint density at radius 3 is 3.07 bits per heavy atom. The molecule has 1 aromatic rings. The number of carbonyl (C=O) groups is 1. The van der Waals surface area contributed by atoms with E-state index in [1.165, 1.54) is 17.7 Å². The van der Waals surface area contributed by atoms with Crippen molar-refractivity contribution in [3.05, 3.63) is 28.8 Å². The first kappa shape index (κ1) is 10.4. The molecule has 1 aliphatic heterocycles. The van der Waals surface area contributed by atoms with Gasteiger partial charge >= 0.3 is 0 Å².